The van der Waals surface area contributed by atoms with Crippen LogP contribution in [0.5, 0.6) is 0 Å². The number of hydrogen-bond acceptors (Lipinski definition) is 4. The maximum absolute atomic E-state index is 6.03. The normalized spacial score (nSPS) is 19.7. The van der Waals surface area contributed by atoms with E-state index in [2.05, 4.69) is 0 Å². The van der Waals surface area contributed by atoms with E-state index in [1.54, 1.807) is 7.11 Å². The molecule has 108 valence electrons. The lowest BCUT2D eigenvalue weighted by Crippen LogP contribution is -2.41. The second kappa shape index (κ2) is 9.73. The molecule has 0 bridgehead atoms. The van der Waals surface area contributed by atoms with Gasteiger partial charge in [0.25, 0.3) is 0 Å². The second-order valence-electron chi connectivity index (χ2n) is 5.11. The highest BCUT2D eigenvalue weighted by Crippen LogP contribution is 2.29. The molecule has 0 aromatic carbocycles. The quantitative estimate of drug-likeness (QED) is 0.509. The first-order valence-corrected chi connectivity index (χ1v) is 7.24. The van der Waals surface area contributed by atoms with Crippen LogP contribution in [0, 0.1) is 0 Å². The van der Waals surface area contributed by atoms with Gasteiger partial charge in [0.2, 0.25) is 0 Å². The van der Waals surface area contributed by atoms with Crippen LogP contribution in [-0.2, 0) is 14.2 Å². The molecule has 0 aromatic heterocycles. The summed E-state index contributed by atoms with van der Waals surface area (Å²) in [4.78, 5) is 0. The molecule has 0 aromatic rings. The van der Waals surface area contributed by atoms with Gasteiger partial charge in [-0.3, -0.25) is 0 Å². The molecule has 1 saturated carbocycles. The highest BCUT2D eigenvalue weighted by Gasteiger charge is 2.29. The molecule has 1 aliphatic rings. The molecule has 0 unspecified atom stereocenters. The lowest BCUT2D eigenvalue weighted by molar-refractivity contribution is -0.0715. The minimum absolute atomic E-state index is 0.0770. The third kappa shape index (κ3) is 6.14. The Labute approximate surface area is 111 Å². The molecule has 0 aliphatic heterocycles. The lowest BCUT2D eigenvalue weighted by Gasteiger charge is -2.31. The molecule has 1 aliphatic carbocycles. The molecule has 0 radical (unpaired) electrons. The molecule has 0 saturated heterocycles. The van der Waals surface area contributed by atoms with Crippen LogP contribution in [0.3, 0.4) is 0 Å². The van der Waals surface area contributed by atoms with Gasteiger partial charge in [0.15, 0.2) is 0 Å². The summed E-state index contributed by atoms with van der Waals surface area (Å²) in [5.74, 6) is 0. The Balaban J connectivity index is 2.10. The first kappa shape index (κ1) is 15.9. The molecule has 0 amide bonds. The Morgan fingerprint density at radius 1 is 0.944 bits per heavy atom. The average Bonchev–Trinajstić information content (AvgIpc) is 2.64. The van der Waals surface area contributed by atoms with Gasteiger partial charge in [0.1, 0.15) is 0 Å². The molecule has 18 heavy (non-hydrogen) atoms. The average molecular weight is 259 g/mol. The third-order valence-electron chi connectivity index (χ3n) is 3.66. The van der Waals surface area contributed by atoms with Crippen LogP contribution in [0.4, 0.5) is 0 Å². The molecule has 4 nitrogen and oxygen atoms in total. The fourth-order valence-corrected chi connectivity index (χ4v) is 2.50. The van der Waals surface area contributed by atoms with Gasteiger partial charge in [-0.25, -0.2) is 0 Å². The molecular weight excluding hydrogens is 230 g/mol. The monoisotopic (exact) mass is 259 g/mol. The fourth-order valence-electron chi connectivity index (χ4n) is 2.50. The van der Waals surface area contributed by atoms with Gasteiger partial charge in [-0.2, -0.15) is 0 Å². The Morgan fingerprint density at radius 2 is 1.67 bits per heavy atom. The molecule has 0 atom stereocenters. The lowest BCUT2D eigenvalue weighted by atomic mass is 9.94. The molecule has 1 fully saturated rings. The van der Waals surface area contributed by atoms with Crippen molar-refractivity contribution in [3.8, 4) is 0 Å². The van der Waals surface area contributed by atoms with Gasteiger partial charge in [-0.1, -0.05) is 25.7 Å². The Hall–Kier alpha value is -0.160. The van der Waals surface area contributed by atoms with Crippen molar-refractivity contribution < 1.29 is 14.2 Å². The van der Waals surface area contributed by atoms with Crippen LogP contribution in [0.25, 0.3) is 0 Å². The van der Waals surface area contributed by atoms with E-state index in [-0.39, 0.29) is 5.60 Å². The zero-order valence-electron chi connectivity index (χ0n) is 11.8. The molecule has 1 rings (SSSR count). The maximum atomic E-state index is 6.03. The number of hydrogen-bond donors (Lipinski definition) is 1. The van der Waals surface area contributed by atoms with Crippen molar-refractivity contribution in [3.05, 3.63) is 0 Å². The van der Waals surface area contributed by atoms with Gasteiger partial charge < -0.3 is 19.9 Å². The summed E-state index contributed by atoms with van der Waals surface area (Å²) in [6.07, 6.45) is 8.27. The number of methoxy groups -OCH3 is 1. The van der Waals surface area contributed by atoms with E-state index in [0.717, 1.165) is 32.5 Å². The van der Waals surface area contributed by atoms with E-state index in [9.17, 15) is 0 Å². The summed E-state index contributed by atoms with van der Waals surface area (Å²) in [6.45, 7) is 3.45. The third-order valence-corrected chi connectivity index (χ3v) is 3.66. The SMILES string of the molecule is COCCCOCCOC1(CN)CCCCCC1. The highest BCUT2D eigenvalue weighted by atomic mass is 16.5. The van der Waals surface area contributed by atoms with Gasteiger partial charge in [-0.15, -0.1) is 0 Å². The standard InChI is InChI=1S/C14H29NO3/c1-16-9-6-10-17-11-12-18-14(13-15)7-4-2-3-5-8-14/h2-13,15H2,1H3. The van der Waals surface area contributed by atoms with E-state index in [0.29, 0.717) is 19.8 Å². The predicted molar refractivity (Wildman–Crippen MR) is 72.8 cm³/mol. The van der Waals surface area contributed by atoms with E-state index in [4.69, 9.17) is 19.9 Å². The van der Waals surface area contributed by atoms with Crippen molar-refractivity contribution >= 4 is 0 Å². The van der Waals surface area contributed by atoms with Crippen LogP contribution in [0.2, 0.25) is 0 Å². The van der Waals surface area contributed by atoms with Gasteiger partial charge in [-0.05, 0) is 19.3 Å². The summed E-state index contributed by atoms with van der Waals surface area (Å²) in [6, 6.07) is 0. The maximum Gasteiger partial charge on any atom is 0.0805 e. The first-order chi connectivity index (χ1) is 8.83. The van der Waals surface area contributed by atoms with Crippen LogP contribution in [0.1, 0.15) is 44.9 Å². The fraction of sp³-hybridized carbons (Fsp3) is 1.00. The second-order valence-corrected chi connectivity index (χ2v) is 5.11. The zero-order chi connectivity index (χ0) is 13.1. The van der Waals surface area contributed by atoms with E-state index >= 15 is 0 Å². The minimum Gasteiger partial charge on any atom is -0.385 e. The largest absolute Gasteiger partial charge is 0.385 e. The van der Waals surface area contributed by atoms with Crippen molar-refractivity contribution in [1.82, 2.24) is 0 Å². The van der Waals surface area contributed by atoms with Crippen LogP contribution in [-0.4, -0.2) is 45.7 Å². The summed E-state index contributed by atoms with van der Waals surface area (Å²) in [5, 5.41) is 0. The van der Waals surface area contributed by atoms with Crippen molar-refractivity contribution in [3.63, 3.8) is 0 Å². The predicted octanol–water partition coefficient (Wildman–Crippen LogP) is 2.11. The zero-order valence-corrected chi connectivity index (χ0v) is 11.8. The summed E-state index contributed by atoms with van der Waals surface area (Å²) in [5.41, 5.74) is 5.83. The Kier molecular flexibility index (Phi) is 8.59. The summed E-state index contributed by atoms with van der Waals surface area (Å²) >= 11 is 0. The van der Waals surface area contributed by atoms with Crippen molar-refractivity contribution in [2.24, 2.45) is 5.73 Å². The van der Waals surface area contributed by atoms with Gasteiger partial charge in [0, 0.05) is 26.9 Å². The minimum atomic E-state index is -0.0770. The van der Waals surface area contributed by atoms with Crippen molar-refractivity contribution in [2.45, 2.75) is 50.5 Å². The van der Waals surface area contributed by atoms with Gasteiger partial charge in [0.05, 0.1) is 18.8 Å². The van der Waals surface area contributed by atoms with Crippen LogP contribution < -0.4 is 5.73 Å². The van der Waals surface area contributed by atoms with E-state index in [1.807, 2.05) is 0 Å². The van der Waals surface area contributed by atoms with E-state index < -0.39 is 0 Å². The molecule has 0 spiro atoms. The smallest absolute Gasteiger partial charge is 0.0805 e. The molecule has 2 N–H and O–H groups in total. The van der Waals surface area contributed by atoms with Crippen molar-refractivity contribution in [2.75, 3.05) is 40.1 Å². The number of ether oxygens (including phenoxy) is 3. The Morgan fingerprint density at radius 3 is 2.28 bits per heavy atom. The Bertz CT molecular complexity index is 191. The van der Waals surface area contributed by atoms with Crippen LogP contribution >= 0.6 is 0 Å². The van der Waals surface area contributed by atoms with E-state index in [1.165, 1.54) is 25.7 Å². The van der Waals surface area contributed by atoms with Crippen molar-refractivity contribution in [1.29, 1.82) is 0 Å². The summed E-state index contributed by atoms with van der Waals surface area (Å²) in [7, 11) is 1.71. The van der Waals surface area contributed by atoms with Gasteiger partial charge >= 0.3 is 0 Å². The molecule has 0 heterocycles. The highest BCUT2D eigenvalue weighted by molar-refractivity contribution is 4.84. The first-order valence-electron chi connectivity index (χ1n) is 7.24. The molecular formula is C14H29NO3. The van der Waals surface area contributed by atoms with Crippen LogP contribution in [0.15, 0.2) is 0 Å². The summed E-state index contributed by atoms with van der Waals surface area (Å²) < 4.78 is 16.5. The number of nitrogens with two attached hydrogens (primary N) is 1. The molecule has 4 heteroatoms. The topological polar surface area (TPSA) is 53.7 Å². The number of rotatable bonds is 9.